The SMILES string of the molecule is CC(Nc1ccc(N)cc1F)c1cccc(F)c1. The average Bonchev–Trinajstić information content (AvgIpc) is 2.32. The minimum atomic E-state index is -0.418. The third-order valence-electron chi connectivity index (χ3n) is 2.71. The summed E-state index contributed by atoms with van der Waals surface area (Å²) in [4.78, 5) is 0. The minimum absolute atomic E-state index is 0.196. The first-order chi connectivity index (χ1) is 8.56. The van der Waals surface area contributed by atoms with E-state index in [-0.39, 0.29) is 11.9 Å². The van der Waals surface area contributed by atoms with E-state index in [1.54, 1.807) is 24.3 Å². The zero-order chi connectivity index (χ0) is 13.1. The van der Waals surface area contributed by atoms with Gasteiger partial charge in [0.25, 0.3) is 0 Å². The monoisotopic (exact) mass is 248 g/mol. The molecule has 2 rings (SSSR count). The van der Waals surface area contributed by atoms with Crippen LogP contribution >= 0.6 is 0 Å². The van der Waals surface area contributed by atoms with E-state index in [1.165, 1.54) is 18.2 Å². The highest BCUT2D eigenvalue weighted by Crippen LogP contribution is 2.23. The van der Waals surface area contributed by atoms with E-state index in [0.29, 0.717) is 11.4 Å². The Balaban J connectivity index is 2.18. The fourth-order valence-corrected chi connectivity index (χ4v) is 1.74. The summed E-state index contributed by atoms with van der Waals surface area (Å²) in [5.41, 5.74) is 6.95. The summed E-state index contributed by atoms with van der Waals surface area (Å²) in [6.07, 6.45) is 0. The summed E-state index contributed by atoms with van der Waals surface area (Å²) in [7, 11) is 0. The first-order valence-electron chi connectivity index (χ1n) is 5.63. The van der Waals surface area contributed by atoms with Crippen molar-refractivity contribution in [1.29, 1.82) is 0 Å². The Morgan fingerprint density at radius 1 is 1.11 bits per heavy atom. The maximum absolute atomic E-state index is 13.6. The second-order valence-electron chi connectivity index (χ2n) is 4.16. The minimum Gasteiger partial charge on any atom is -0.399 e. The molecule has 0 aromatic heterocycles. The number of nitrogen functional groups attached to an aromatic ring is 1. The van der Waals surface area contributed by atoms with Crippen LogP contribution in [0.25, 0.3) is 0 Å². The van der Waals surface area contributed by atoms with Gasteiger partial charge in [0, 0.05) is 11.7 Å². The molecule has 0 spiro atoms. The lowest BCUT2D eigenvalue weighted by Gasteiger charge is -2.16. The highest BCUT2D eigenvalue weighted by molar-refractivity contribution is 5.53. The van der Waals surface area contributed by atoms with Crippen molar-refractivity contribution < 1.29 is 8.78 Å². The molecule has 0 fully saturated rings. The summed E-state index contributed by atoms with van der Waals surface area (Å²) in [6, 6.07) is 10.5. The van der Waals surface area contributed by atoms with E-state index in [4.69, 9.17) is 5.73 Å². The van der Waals surface area contributed by atoms with Gasteiger partial charge in [0.1, 0.15) is 11.6 Å². The lowest BCUT2D eigenvalue weighted by molar-refractivity contribution is 0.621. The van der Waals surface area contributed by atoms with Crippen LogP contribution in [0.2, 0.25) is 0 Å². The molecule has 0 saturated heterocycles. The van der Waals surface area contributed by atoms with Crippen LogP contribution in [-0.4, -0.2) is 0 Å². The molecule has 94 valence electrons. The molecule has 1 unspecified atom stereocenters. The van der Waals surface area contributed by atoms with Crippen LogP contribution in [0.3, 0.4) is 0 Å². The number of nitrogens with one attached hydrogen (secondary N) is 1. The highest BCUT2D eigenvalue weighted by atomic mass is 19.1. The average molecular weight is 248 g/mol. The fourth-order valence-electron chi connectivity index (χ4n) is 1.74. The number of rotatable bonds is 3. The van der Waals surface area contributed by atoms with Gasteiger partial charge >= 0.3 is 0 Å². The van der Waals surface area contributed by atoms with E-state index >= 15 is 0 Å². The molecule has 0 aliphatic carbocycles. The number of anilines is 2. The van der Waals surface area contributed by atoms with Crippen LogP contribution in [0.1, 0.15) is 18.5 Å². The Kier molecular flexibility index (Phi) is 3.46. The van der Waals surface area contributed by atoms with Crippen molar-refractivity contribution in [2.75, 3.05) is 11.1 Å². The maximum atomic E-state index is 13.6. The van der Waals surface area contributed by atoms with Crippen molar-refractivity contribution in [2.45, 2.75) is 13.0 Å². The van der Waals surface area contributed by atoms with Crippen LogP contribution in [-0.2, 0) is 0 Å². The third-order valence-corrected chi connectivity index (χ3v) is 2.71. The molecule has 2 aromatic rings. The summed E-state index contributed by atoms with van der Waals surface area (Å²) in [5.74, 6) is -0.725. The molecule has 0 aliphatic rings. The Bertz CT molecular complexity index is 555. The van der Waals surface area contributed by atoms with Crippen LogP contribution in [0, 0.1) is 11.6 Å². The van der Waals surface area contributed by atoms with Gasteiger partial charge in [-0.05, 0) is 42.8 Å². The third kappa shape index (κ3) is 2.77. The van der Waals surface area contributed by atoms with Crippen LogP contribution in [0.5, 0.6) is 0 Å². The lowest BCUT2D eigenvalue weighted by Crippen LogP contribution is -2.08. The number of nitrogens with two attached hydrogens (primary N) is 1. The van der Waals surface area contributed by atoms with E-state index in [1.807, 2.05) is 6.92 Å². The van der Waals surface area contributed by atoms with E-state index in [9.17, 15) is 8.78 Å². The van der Waals surface area contributed by atoms with Crippen LogP contribution < -0.4 is 11.1 Å². The Morgan fingerprint density at radius 2 is 1.89 bits per heavy atom. The number of hydrogen-bond acceptors (Lipinski definition) is 2. The topological polar surface area (TPSA) is 38.0 Å². The van der Waals surface area contributed by atoms with Crippen LogP contribution in [0.15, 0.2) is 42.5 Å². The predicted molar refractivity (Wildman–Crippen MR) is 69.3 cm³/mol. The van der Waals surface area contributed by atoms with Crippen molar-refractivity contribution in [2.24, 2.45) is 0 Å². The maximum Gasteiger partial charge on any atom is 0.148 e. The van der Waals surface area contributed by atoms with Crippen LogP contribution in [0.4, 0.5) is 20.2 Å². The molecule has 18 heavy (non-hydrogen) atoms. The summed E-state index contributed by atoms with van der Waals surface area (Å²) in [6.45, 7) is 1.84. The molecule has 0 aliphatic heterocycles. The molecule has 0 saturated carbocycles. The van der Waals surface area contributed by atoms with Crippen molar-refractivity contribution >= 4 is 11.4 Å². The van der Waals surface area contributed by atoms with Gasteiger partial charge in [-0.25, -0.2) is 8.78 Å². The molecular formula is C14H14F2N2. The second-order valence-corrected chi connectivity index (χ2v) is 4.16. The zero-order valence-corrected chi connectivity index (χ0v) is 9.95. The molecule has 0 radical (unpaired) electrons. The Hall–Kier alpha value is -2.10. The van der Waals surface area contributed by atoms with Crippen molar-refractivity contribution in [1.82, 2.24) is 0 Å². The molecular weight excluding hydrogens is 234 g/mol. The van der Waals surface area contributed by atoms with Gasteiger partial charge in [0.05, 0.1) is 5.69 Å². The van der Waals surface area contributed by atoms with Crippen molar-refractivity contribution in [3.63, 3.8) is 0 Å². The Labute approximate surface area is 104 Å². The standard InChI is InChI=1S/C14H14F2N2/c1-9(10-3-2-4-11(15)7-10)18-14-6-5-12(17)8-13(14)16/h2-9,18H,17H2,1H3. The van der Waals surface area contributed by atoms with Gasteiger partial charge in [-0.1, -0.05) is 12.1 Å². The number of benzene rings is 2. The molecule has 2 nitrogen and oxygen atoms in total. The highest BCUT2D eigenvalue weighted by Gasteiger charge is 2.09. The van der Waals surface area contributed by atoms with Gasteiger partial charge in [-0.15, -0.1) is 0 Å². The molecule has 4 heteroatoms. The largest absolute Gasteiger partial charge is 0.399 e. The van der Waals surface area contributed by atoms with E-state index in [0.717, 1.165) is 5.56 Å². The molecule has 0 bridgehead atoms. The molecule has 3 N–H and O–H groups in total. The van der Waals surface area contributed by atoms with Gasteiger partial charge in [0.15, 0.2) is 0 Å². The lowest BCUT2D eigenvalue weighted by atomic mass is 10.1. The van der Waals surface area contributed by atoms with Gasteiger partial charge < -0.3 is 11.1 Å². The summed E-state index contributed by atoms with van der Waals surface area (Å²) >= 11 is 0. The van der Waals surface area contributed by atoms with Gasteiger partial charge in [0.2, 0.25) is 0 Å². The van der Waals surface area contributed by atoms with E-state index < -0.39 is 5.82 Å². The smallest absolute Gasteiger partial charge is 0.148 e. The Morgan fingerprint density at radius 3 is 2.56 bits per heavy atom. The normalized spacial score (nSPS) is 12.2. The van der Waals surface area contributed by atoms with Gasteiger partial charge in [-0.3, -0.25) is 0 Å². The first kappa shape index (κ1) is 12.4. The second kappa shape index (κ2) is 5.04. The fraction of sp³-hybridized carbons (Fsp3) is 0.143. The summed E-state index contributed by atoms with van der Waals surface area (Å²) in [5, 5.41) is 2.98. The van der Waals surface area contributed by atoms with Gasteiger partial charge in [-0.2, -0.15) is 0 Å². The molecule has 0 heterocycles. The number of halogens is 2. The van der Waals surface area contributed by atoms with Crippen molar-refractivity contribution in [3.05, 3.63) is 59.7 Å². The van der Waals surface area contributed by atoms with E-state index in [2.05, 4.69) is 5.32 Å². The molecule has 0 amide bonds. The zero-order valence-electron chi connectivity index (χ0n) is 9.95. The summed E-state index contributed by atoms with van der Waals surface area (Å²) < 4.78 is 26.7. The predicted octanol–water partition coefficient (Wildman–Crippen LogP) is 3.72. The number of hydrogen-bond donors (Lipinski definition) is 2. The first-order valence-corrected chi connectivity index (χ1v) is 5.63. The molecule has 1 atom stereocenters. The molecule has 2 aromatic carbocycles. The van der Waals surface area contributed by atoms with Crippen molar-refractivity contribution in [3.8, 4) is 0 Å². The quantitative estimate of drug-likeness (QED) is 0.812.